The van der Waals surface area contributed by atoms with Gasteiger partial charge in [0.1, 0.15) is 0 Å². The first kappa shape index (κ1) is 12.5. The normalized spacial score (nSPS) is 13.9. The van der Waals surface area contributed by atoms with Crippen LogP contribution in [0.1, 0.15) is 11.1 Å². The smallest absolute Gasteiger partial charge is 0.295 e. The van der Waals surface area contributed by atoms with Crippen molar-refractivity contribution in [3.63, 3.8) is 0 Å². The van der Waals surface area contributed by atoms with Crippen LogP contribution in [0, 0.1) is 0 Å². The number of fused-ring (bicyclic) bond motifs is 1. The van der Waals surface area contributed by atoms with Gasteiger partial charge in [0.05, 0.1) is 13.4 Å². The number of nitrogen functional groups attached to an aromatic ring is 1. The highest BCUT2D eigenvalue weighted by molar-refractivity contribution is 5.57. The summed E-state index contributed by atoms with van der Waals surface area (Å²) in [6.07, 6.45) is 2.23. The molecule has 0 aliphatic carbocycles. The summed E-state index contributed by atoms with van der Waals surface area (Å²) >= 11 is 0. The average molecular weight is 272 g/mol. The Morgan fingerprint density at radius 3 is 3.10 bits per heavy atom. The molecule has 0 radical (unpaired) electrons. The largest absolute Gasteiger partial charge is 0.489 e. The highest BCUT2D eigenvalue weighted by Crippen LogP contribution is 2.29. The number of nitrogens with one attached hydrogen (secondary N) is 1. The Morgan fingerprint density at radius 1 is 1.45 bits per heavy atom. The van der Waals surface area contributed by atoms with Gasteiger partial charge in [-0.1, -0.05) is 12.1 Å². The molecule has 3 N–H and O–H groups in total. The molecule has 0 amide bonds. The molecule has 6 heteroatoms. The highest BCUT2D eigenvalue weighted by atomic mass is 16.5. The summed E-state index contributed by atoms with van der Waals surface area (Å²) in [5.74, 6) is 0.823. The second kappa shape index (κ2) is 4.88. The molecular weight excluding hydrogens is 256 g/mol. The number of hydrogen-bond donors (Lipinski definition) is 2. The first-order valence-corrected chi connectivity index (χ1v) is 6.43. The molecule has 1 aromatic heterocycles. The third-order valence-corrected chi connectivity index (χ3v) is 3.60. The quantitative estimate of drug-likeness (QED) is 0.794. The minimum Gasteiger partial charge on any atom is -0.489 e. The molecular formula is C14H16N4O2. The van der Waals surface area contributed by atoms with Crippen molar-refractivity contribution in [1.29, 1.82) is 0 Å². The van der Waals surface area contributed by atoms with Crippen LogP contribution in [0.15, 0.2) is 29.3 Å². The molecule has 0 saturated carbocycles. The van der Waals surface area contributed by atoms with Crippen molar-refractivity contribution in [2.45, 2.75) is 13.0 Å². The lowest BCUT2D eigenvalue weighted by Crippen LogP contribution is -2.33. The summed E-state index contributed by atoms with van der Waals surface area (Å²) < 4.78 is 5.17. The maximum Gasteiger partial charge on any atom is 0.295 e. The van der Waals surface area contributed by atoms with Crippen molar-refractivity contribution >= 4 is 11.5 Å². The molecule has 0 unspecified atom stereocenters. The van der Waals surface area contributed by atoms with Crippen LogP contribution in [0.4, 0.5) is 11.5 Å². The van der Waals surface area contributed by atoms with Gasteiger partial charge in [-0.15, -0.1) is 0 Å². The Morgan fingerprint density at radius 2 is 2.30 bits per heavy atom. The lowest BCUT2D eigenvalue weighted by Gasteiger charge is -2.30. The predicted octanol–water partition coefficient (Wildman–Crippen LogP) is 0.923. The number of benzene rings is 1. The molecule has 3 rings (SSSR count). The minimum atomic E-state index is -0.268. The fraction of sp³-hybridized carbons (Fsp3) is 0.286. The second-order valence-corrected chi connectivity index (χ2v) is 4.74. The van der Waals surface area contributed by atoms with Crippen molar-refractivity contribution in [3.05, 3.63) is 46.0 Å². The standard InChI is InChI=1S/C14H16N4O2/c1-20-12-13(16-8-17-14(12)19)18-6-5-10-9(7-18)3-2-4-11(10)15/h2-4,8H,5-7,15H2,1H3,(H,16,17,19). The van der Waals surface area contributed by atoms with Gasteiger partial charge in [0.15, 0.2) is 5.82 Å². The van der Waals surface area contributed by atoms with Crippen LogP contribution in [0.3, 0.4) is 0 Å². The number of hydrogen-bond acceptors (Lipinski definition) is 5. The second-order valence-electron chi connectivity index (χ2n) is 4.74. The molecule has 1 aromatic carbocycles. The average Bonchev–Trinajstić information content (AvgIpc) is 2.47. The van der Waals surface area contributed by atoms with Crippen molar-refractivity contribution in [3.8, 4) is 5.75 Å². The van der Waals surface area contributed by atoms with Crippen LogP contribution >= 0.6 is 0 Å². The molecule has 0 spiro atoms. The fourth-order valence-electron chi connectivity index (χ4n) is 2.61. The Bertz CT molecular complexity index is 696. The van der Waals surface area contributed by atoms with Gasteiger partial charge in [0.2, 0.25) is 5.75 Å². The molecule has 104 valence electrons. The van der Waals surface area contributed by atoms with Gasteiger partial charge in [0, 0.05) is 18.8 Å². The van der Waals surface area contributed by atoms with E-state index in [9.17, 15) is 4.79 Å². The van der Waals surface area contributed by atoms with Gasteiger partial charge < -0.3 is 20.4 Å². The molecule has 2 heterocycles. The number of anilines is 2. The van der Waals surface area contributed by atoms with Crippen molar-refractivity contribution in [2.75, 3.05) is 24.3 Å². The summed E-state index contributed by atoms with van der Waals surface area (Å²) in [6, 6.07) is 5.91. The zero-order valence-corrected chi connectivity index (χ0v) is 11.2. The van der Waals surface area contributed by atoms with Crippen molar-refractivity contribution < 1.29 is 4.74 Å². The Balaban J connectivity index is 1.99. The van der Waals surface area contributed by atoms with E-state index in [1.807, 2.05) is 17.0 Å². The van der Waals surface area contributed by atoms with Gasteiger partial charge in [-0.3, -0.25) is 4.79 Å². The van der Waals surface area contributed by atoms with E-state index >= 15 is 0 Å². The van der Waals surface area contributed by atoms with Gasteiger partial charge in [-0.2, -0.15) is 0 Å². The first-order chi connectivity index (χ1) is 9.70. The third-order valence-electron chi connectivity index (χ3n) is 3.60. The van der Waals surface area contributed by atoms with E-state index in [0.29, 0.717) is 12.4 Å². The van der Waals surface area contributed by atoms with Crippen LogP contribution in [0.2, 0.25) is 0 Å². The first-order valence-electron chi connectivity index (χ1n) is 6.43. The molecule has 20 heavy (non-hydrogen) atoms. The lowest BCUT2D eigenvalue weighted by atomic mass is 9.98. The minimum absolute atomic E-state index is 0.250. The number of aromatic nitrogens is 2. The third kappa shape index (κ3) is 1.99. The van der Waals surface area contributed by atoms with Gasteiger partial charge in [0.25, 0.3) is 5.56 Å². The van der Waals surface area contributed by atoms with E-state index in [1.165, 1.54) is 24.6 Å². The summed E-state index contributed by atoms with van der Waals surface area (Å²) in [4.78, 5) is 20.5. The van der Waals surface area contributed by atoms with Crippen molar-refractivity contribution in [2.24, 2.45) is 0 Å². The molecule has 0 fully saturated rings. The Labute approximate surface area is 116 Å². The van der Waals surface area contributed by atoms with Crippen LogP contribution in [-0.4, -0.2) is 23.6 Å². The van der Waals surface area contributed by atoms with Crippen LogP contribution in [0.25, 0.3) is 0 Å². The van der Waals surface area contributed by atoms with Crippen molar-refractivity contribution in [1.82, 2.24) is 9.97 Å². The zero-order chi connectivity index (χ0) is 14.1. The SMILES string of the molecule is COc1c(N2CCc3c(N)cccc3C2)nc[nH]c1=O. The number of H-pyrrole nitrogens is 1. The van der Waals surface area contributed by atoms with Gasteiger partial charge in [-0.05, 0) is 23.6 Å². The van der Waals surface area contributed by atoms with Crippen LogP contribution < -0.4 is 20.9 Å². The number of rotatable bonds is 2. The predicted molar refractivity (Wildman–Crippen MR) is 77.0 cm³/mol. The zero-order valence-electron chi connectivity index (χ0n) is 11.2. The maximum absolute atomic E-state index is 11.7. The van der Waals surface area contributed by atoms with Crippen LogP contribution in [-0.2, 0) is 13.0 Å². The summed E-state index contributed by atoms with van der Waals surface area (Å²) in [7, 11) is 1.48. The van der Waals surface area contributed by atoms with E-state index in [0.717, 1.165) is 18.7 Å². The molecule has 0 saturated heterocycles. The topological polar surface area (TPSA) is 84.2 Å². The van der Waals surface area contributed by atoms with Crippen LogP contribution in [0.5, 0.6) is 5.75 Å². The van der Waals surface area contributed by atoms with Gasteiger partial charge in [-0.25, -0.2) is 4.98 Å². The molecule has 1 aliphatic heterocycles. The Hall–Kier alpha value is -2.50. The number of nitrogens with two attached hydrogens (primary N) is 1. The fourth-order valence-corrected chi connectivity index (χ4v) is 2.61. The Kier molecular flexibility index (Phi) is 3.06. The molecule has 2 aromatic rings. The molecule has 0 atom stereocenters. The van der Waals surface area contributed by atoms with E-state index in [1.54, 1.807) is 0 Å². The maximum atomic E-state index is 11.7. The number of nitrogens with zero attached hydrogens (tertiary/aromatic N) is 2. The van der Waals surface area contributed by atoms with E-state index in [4.69, 9.17) is 10.5 Å². The molecule has 0 bridgehead atoms. The van der Waals surface area contributed by atoms with Gasteiger partial charge >= 0.3 is 0 Å². The molecule has 1 aliphatic rings. The molecule has 6 nitrogen and oxygen atoms in total. The van der Waals surface area contributed by atoms with E-state index < -0.39 is 0 Å². The summed E-state index contributed by atoms with van der Waals surface area (Å²) in [5, 5.41) is 0. The monoisotopic (exact) mass is 272 g/mol. The highest BCUT2D eigenvalue weighted by Gasteiger charge is 2.22. The lowest BCUT2D eigenvalue weighted by molar-refractivity contribution is 0.405. The van der Waals surface area contributed by atoms with E-state index in [2.05, 4.69) is 16.0 Å². The number of aromatic amines is 1. The number of ether oxygens (including phenoxy) is 1. The van der Waals surface area contributed by atoms with E-state index in [-0.39, 0.29) is 11.3 Å². The number of methoxy groups -OCH3 is 1. The summed E-state index contributed by atoms with van der Waals surface area (Å²) in [6.45, 7) is 1.43. The summed E-state index contributed by atoms with van der Waals surface area (Å²) in [5.41, 5.74) is 8.91.